The van der Waals surface area contributed by atoms with Gasteiger partial charge in [0.25, 0.3) is 5.69 Å². The fraction of sp³-hybridized carbons (Fsp3) is 0.364. The highest BCUT2D eigenvalue weighted by Gasteiger charge is 2.24. The van der Waals surface area contributed by atoms with Gasteiger partial charge in [-0.05, 0) is 6.07 Å². The minimum absolute atomic E-state index is 0.0366. The Morgan fingerprint density at radius 3 is 2.47 bits per heavy atom. The van der Waals surface area contributed by atoms with Crippen LogP contribution in [0.25, 0.3) is 0 Å². The zero-order valence-corrected chi connectivity index (χ0v) is 10.8. The van der Waals surface area contributed by atoms with Crippen molar-refractivity contribution >= 4 is 21.2 Å². The van der Waals surface area contributed by atoms with Crippen LogP contribution in [0.2, 0.25) is 0 Å². The number of nitrogens with zero attached hydrogens (tertiary/aromatic N) is 3. The van der Waals surface area contributed by atoms with E-state index in [1.165, 1.54) is 18.2 Å². The first kappa shape index (κ1) is 13.3. The molecule has 0 radical (unpaired) electrons. The highest BCUT2D eigenvalue weighted by Crippen LogP contribution is 2.26. The predicted molar refractivity (Wildman–Crippen MR) is 68.7 cm³/mol. The Morgan fingerprint density at radius 1 is 1.32 bits per heavy atom. The van der Waals surface area contributed by atoms with Crippen LogP contribution in [0.4, 0.5) is 11.4 Å². The highest BCUT2D eigenvalue weighted by atomic mass is 32.2. The monoisotopic (exact) mass is 281 g/mol. The first-order chi connectivity index (χ1) is 8.93. The van der Waals surface area contributed by atoms with E-state index in [9.17, 15) is 18.5 Å². The van der Waals surface area contributed by atoms with Gasteiger partial charge < -0.3 is 4.90 Å². The Labute approximate surface area is 110 Å². The number of sulfone groups is 1. The van der Waals surface area contributed by atoms with E-state index in [1.807, 2.05) is 6.07 Å². The summed E-state index contributed by atoms with van der Waals surface area (Å²) in [6.07, 6.45) is 0. The van der Waals surface area contributed by atoms with Crippen molar-refractivity contribution in [3.63, 3.8) is 0 Å². The van der Waals surface area contributed by atoms with Gasteiger partial charge in [0.2, 0.25) is 0 Å². The lowest BCUT2D eigenvalue weighted by molar-refractivity contribution is -0.384. The van der Waals surface area contributed by atoms with E-state index in [1.54, 1.807) is 4.90 Å². The molecule has 0 spiro atoms. The Balaban J connectivity index is 2.31. The molecule has 100 valence electrons. The van der Waals surface area contributed by atoms with E-state index in [-0.39, 0.29) is 22.8 Å². The molecule has 0 aromatic heterocycles. The van der Waals surface area contributed by atoms with Gasteiger partial charge >= 0.3 is 0 Å². The summed E-state index contributed by atoms with van der Waals surface area (Å²) in [5.74, 6) is 0.0731. The summed E-state index contributed by atoms with van der Waals surface area (Å²) in [5.41, 5.74) is 0.585. The molecule has 1 aliphatic heterocycles. The maximum absolute atomic E-state index is 11.3. The highest BCUT2D eigenvalue weighted by molar-refractivity contribution is 7.91. The van der Waals surface area contributed by atoms with Crippen LogP contribution in [0.5, 0.6) is 0 Å². The SMILES string of the molecule is N#Cc1cc([N+](=O)[O-])ccc1N1CCS(=O)(=O)CC1. The van der Waals surface area contributed by atoms with Gasteiger partial charge in [0.15, 0.2) is 9.84 Å². The maximum Gasteiger partial charge on any atom is 0.270 e. The molecule has 1 saturated heterocycles. The van der Waals surface area contributed by atoms with Crippen LogP contribution in [0.15, 0.2) is 18.2 Å². The summed E-state index contributed by atoms with van der Waals surface area (Å²) in [4.78, 5) is 11.8. The predicted octanol–water partition coefficient (Wildman–Crippen LogP) is 0.701. The largest absolute Gasteiger partial charge is 0.368 e. The minimum Gasteiger partial charge on any atom is -0.368 e. The van der Waals surface area contributed by atoms with Gasteiger partial charge in [0, 0.05) is 25.2 Å². The quantitative estimate of drug-likeness (QED) is 0.583. The van der Waals surface area contributed by atoms with Gasteiger partial charge in [0.1, 0.15) is 6.07 Å². The third-order valence-electron chi connectivity index (χ3n) is 3.00. The van der Waals surface area contributed by atoms with Crippen LogP contribution in [0.1, 0.15) is 5.56 Å². The minimum atomic E-state index is -3.00. The molecule has 0 bridgehead atoms. The van der Waals surface area contributed by atoms with Crippen molar-refractivity contribution in [1.82, 2.24) is 0 Å². The summed E-state index contributed by atoms with van der Waals surface area (Å²) in [6.45, 7) is 0.601. The first-order valence-electron chi connectivity index (χ1n) is 5.57. The second kappa shape index (κ2) is 4.85. The van der Waals surface area contributed by atoms with Gasteiger partial charge in [-0.25, -0.2) is 8.42 Å². The Morgan fingerprint density at radius 2 is 1.95 bits per heavy atom. The number of benzene rings is 1. The molecule has 0 N–H and O–H groups in total. The number of non-ortho nitro benzene ring substituents is 1. The molecule has 0 unspecified atom stereocenters. The van der Waals surface area contributed by atoms with Crippen molar-refractivity contribution < 1.29 is 13.3 Å². The number of nitro groups is 1. The summed E-state index contributed by atoms with van der Waals surface area (Å²) in [5, 5.41) is 19.7. The number of hydrogen-bond acceptors (Lipinski definition) is 6. The standard InChI is InChI=1S/C11H11N3O4S/c12-8-9-7-10(14(15)16)1-2-11(9)13-3-5-19(17,18)6-4-13/h1-2,7H,3-6H2. The van der Waals surface area contributed by atoms with Crippen molar-refractivity contribution in [2.75, 3.05) is 29.5 Å². The maximum atomic E-state index is 11.3. The molecule has 1 heterocycles. The lowest BCUT2D eigenvalue weighted by atomic mass is 10.1. The zero-order chi connectivity index (χ0) is 14.0. The average Bonchev–Trinajstić information content (AvgIpc) is 2.38. The molecule has 0 aliphatic carbocycles. The van der Waals surface area contributed by atoms with Gasteiger partial charge in [-0.2, -0.15) is 5.26 Å². The molecule has 1 aromatic carbocycles. The van der Waals surface area contributed by atoms with Crippen LogP contribution >= 0.6 is 0 Å². The van der Waals surface area contributed by atoms with Gasteiger partial charge in [0.05, 0.1) is 27.7 Å². The third kappa shape index (κ3) is 2.82. The Bertz CT molecular complexity index is 649. The molecule has 0 atom stereocenters. The number of nitro benzene ring substituents is 1. The van der Waals surface area contributed by atoms with Gasteiger partial charge in [-0.1, -0.05) is 0 Å². The van der Waals surface area contributed by atoms with Crippen molar-refractivity contribution in [3.8, 4) is 6.07 Å². The van der Waals surface area contributed by atoms with Gasteiger partial charge in [-0.15, -0.1) is 0 Å². The lowest BCUT2D eigenvalue weighted by Gasteiger charge is -2.29. The normalized spacial score (nSPS) is 17.7. The van der Waals surface area contributed by atoms with Crippen molar-refractivity contribution in [2.45, 2.75) is 0 Å². The van der Waals surface area contributed by atoms with E-state index >= 15 is 0 Å². The second-order valence-corrected chi connectivity index (χ2v) is 6.51. The Hall–Kier alpha value is -2.14. The van der Waals surface area contributed by atoms with Crippen LogP contribution in [0, 0.1) is 21.4 Å². The molecule has 0 saturated carbocycles. The van der Waals surface area contributed by atoms with Gasteiger partial charge in [-0.3, -0.25) is 10.1 Å². The molecule has 2 rings (SSSR count). The molecular weight excluding hydrogens is 270 g/mol. The van der Waals surface area contributed by atoms with E-state index in [4.69, 9.17) is 5.26 Å². The lowest BCUT2D eigenvalue weighted by Crippen LogP contribution is -2.40. The van der Waals surface area contributed by atoms with Crippen LogP contribution in [0.3, 0.4) is 0 Å². The molecule has 19 heavy (non-hydrogen) atoms. The number of rotatable bonds is 2. The number of anilines is 1. The number of nitriles is 1. The molecule has 8 heteroatoms. The van der Waals surface area contributed by atoms with Crippen LogP contribution in [-0.4, -0.2) is 37.9 Å². The molecule has 1 aromatic rings. The van der Waals surface area contributed by atoms with Crippen molar-refractivity contribution in [2.24, 2.45) is 0 Å². The summed E-state index contributed by atoms with van der Waals surface area (Å²) < 4.78 is 22.7. The molecule has 1 fully saturated rings. The topological polar surface area (TPSA) is 104 Å². The van der Waals surface area contributed by atoms with E-state index < -0.39 is 14.8 Å². The summed E-state index contributed by atoms with van der Waals surface area (Å²) >= 11 is 0. The van der Waals surface area contributed by atoms with E-state index in [0.717, 1.165) is 0 Å². The molecule has 0 amide bonds. The van der Waals surface area contributed by atoms with Crippen molar-refractivity contribution in [1.29, 1.82) is 5.26 Å². The van der Waals surface area contributed by atoms with E-state index in [0.29, 0.717) is 18.8 Å². The van der Waals surface area contributed by atoms with Crippen molar-refractivity contribution in [3.05, 3.63) is 33.9 Å². The first-order valence-corrected chi connectivity index (χ1v) is 7.39. The Kier molecular flexibility index (Phi) is 3.40. The average molecular weight is 281 g/mol. The van der Waals surface area contributed by atoms with E-state index in [2.05, 4.69) is 0 Å². The number of hydrogen-bond donors (Lipinski definition) is 0. The van der Waals surface area contributed by atoms with Crippen LogP contribution < -0.4 is 4.90 Å². The summed E-state index contributed by atoms with van der Waals surface area (Å²) in [6, 6.07) is 5.93. The van der Waals surface area contributed by atoms with Crippen LogP contribution in [-0.2, 0) is 9.84 Å². The summed E-state index contributed by atoms with van der Waals surface area (Å²) in [7, 11) is -3.00. The molecule has 7 nitrogen and oxygen atoms in total. The molecular formula is C11H11N3O4S. The smallest absolute Gasteiger partial charge is 0.270 e. The fourth-order valence-corrected chi connectivity index (χ4v) is 3.16. The second-order valence-electron chi connectivity index (χ2n) is 4.21. The zero-order valence-electron chi connectivity index (χ0n) is 9.94. The third-order valence-corrected chi connectivity index (χ3v) is 4.61. The fourth-order valence-electron chi connectivity index (χ4n) is 1.96. The molecule has 1 aliphatic rings.